The normalized spacial score (nSPS) is 11.8. The van der Waals surface area contributed by atoms with Crippen LogP contribution in [0.5, 0.6) is 0 Å². The predicted octanol–water partition coefficient (Wildman–Crippen LogP) is 0.949. The Labute approximate surface area is 123 Å². The molecule has 0 heterocycles. The van der Waals surface area contributed by atoms with Gasteiger partial charge in [0, 0.05) is 25.3 Å². The van der Waals surface area contributed by atoms with Gasteiger partial charge in [-0.15, -0.1) is 0 Å². The first-order valence-electron chi connectivity index (χ1n) is 6.59. The standard InChI is InChI=1S/C14H20FN3O3/c1-10(11-5-3-4-6-12(11)15)17-9-13(19)18-14(20)16-7-8-21-2/h3-6,10,17H,7-9H2,1-2H3,(H2,16,18,19,20). The van der Waals surface area contributed by atoms with Gasteiger partial charge in [0.05, 0.1) is 13.2 Å². The average Bonchev–Trinajstić information content (AvgIpc) is 2.45. The Balaban J connectivity index is 2.33. The number of methoxy groups -OCH3 is 1. The van der Waals surface area contributed by atoms with Crippen molar-refractivity contribution >= 4 is 11.9 Å². The minimum Gasteiger partial charge on any atom is -0.383 e. The Morgan fingerprint density at radius 3 is 2.71 bits per heavy atom. The van der Waals surface area contributed by atoms with Crippen molar-refractivity contribution in [1.29, 1.82) is 0 Å². The lowest BCUT2D eigenvalue weighted by atomic mass is 10.1. The van der Waals surface area contributed by atoms with Crippen LogP contribution in [-0.2, 0) is 9.53 Å². The highest BCUT2D eigenvalue weighted by Crippen LogP contribution is 2.15. The molecule has 0 saturated carbocycles. The molecule has 0 spiro atoms. The zero-order chi connectivity index (χ0) is 15.7. The van der Waals surface area contributed by atoms with Gasteiger partial charge in [-0.25, -0.2) is 9.18 Å². The van der Waals surface area contributed by atoms with Crippen LogP contribution in [0, 0.1) is 5.82 Å². The molecule has 1 rings (SSSR count). The molecule has 0 aromatic heterocycles. The second kappa shape index (κ2) is 9.04. The molecule has 3 N–H and O–H groups in total. The van der Waals surface area contributed by atoms with Gasteiger partial charge in [0.25, 0.3) is 0 Å². The molecule has 0 saturated heterocycles. The van der Waals surface area contributed by atoms with Crippen LogP contribution in [0.2, 0.25) is 0 Å². The summed E-state index contributed by atoms with van der Waals surface area (Å²) in [5.74, 6) is -0.830. The number of ether oxygens (including phenoxy) is 1. The van der Waals surface area contributed by atoms with Gasteiger partial charge in [-0.1, -0.05) is 18.2 Å². The SMILES string of the molecule is COCCNC(=O)NC(=O)CNC(C)c1ccccc1F. The lowest BCUT2D eigenvalue weighted by Gasteiger charge is -2.14. The molecule has 0 aliphatic carbocycles. The highest BCUT2D eigenvalue weighted by atomic mass is 19.1. The van der Waals surface area contributed by atoms with E-state index in [9.17, 15) is 14.0 Å². The number of hydrogen-bond acceptors (Lipinski definition) is 4. The summed E-state index contributed by atoms with van der Waals surface area (Å²) >= 11 is 0. The van der Waals surface area contributed by atoms with E-state index in [1.165, 1.54) is 13.2 Å². The van der Waals surface area contributed by atoms with Crippen LogP contribution < -0.4 is 16.0 Å². The van der Waals surface area contributed by atoms with E-state index in [-0.39, 0.29) is 18.4 Å². The van der Waals surface area contributed by atoms with E-state index in [0.717, 1.165) is 0 Å². The predicted molar refractivity (Wildman–Crippen MR) is 76.2 cm³/mol. The molecule has 0 fully saturated rings. The quantitative estimate of drug-likeness (QED) is 0.655. The van der Waals surface area contributed by atoms with Crippen LogP contribution in [0.15, 0.2) is 24.3 Å². The number of hydrogen-bond donors (Lipinski definition) is 3. The number of urea groups is 1. The number of imide groups is 1. The molecule has 1 atom stereocenters. The van der Waals surface area contributed by atoms with Gasteiger partial charge in [-0.3, -0.25) is 10.1 Å². The Kier molecular flexibility index (Phi) is 7.34. The summed E-state index contributed by atoms with van der Waals surface area (Å²) in [5.41, 5.74) is 0.467. The molecule has 0 radical (unpaired) electrons. The third kappa shape index (κ3) is 6.33. The minimum absolute atomic E-state index is 0.0901. The second-order valence-electron chi connectivity index (χ2n) is 4.42. The van der Waals surface area contributed by atoms with Gasteiger partial charge in [0.15, 0.2) is 0 Å². The lowest BCUT2D eigenvalue weighted by molar-refractivity contribution is -0.119. The fourth-order valence-corrected chi connectivity index (χ4v) is 1.66. The number of nitrogens with one attached hydrogen (secondary N) is 3. The van der Waals surface area contributed by atoms with Crippen LogP contribution in [0.25, 0.3) is 0 Å². The molecule has 116 valence electrons. The molecule has 3 amide bonds. The number of carbonyl (C=O) groups is 2. The summed E-state index contributed by atoms with van der Waals surface area (Å²) < 4.78 is 18.3. The minimum atomic E-state index is -0.586. The van der Waals surface area contributed by atoms with Crippen molar-refractivity contribution in [2.75, 3.05) is 26.8 Å². The van der Waals surface area contributed by atoms with Gasteiger partial charge in [-0.05, 0) is 13.0 Å². The number of carbonyl (C=O) groups excluding carboxylic acids is 2. The summed E-state index contributed by atoms with van der Waals surface area (Å²) in [6.07, 6.45) is 0. The molecule has 6 nitrogen and oxygen atoms in total. The van der Waals surface area contributed by atoms with E-state index in [4.69, 9.17) is 4.74 Å². The zero-order valence-corrected chi connectivity index (χ0v) is 12.1. The summed E-state index contributed by atoms with van der Waals surface area (Å²) in [5, 5.41) is 7.47. The maximum Gasteiger partial charge on any atom is 0.321 e. The molecule has 1 unspecified atom stereocenters. The van der Waals surface area contributed by atoms with E-state index in [1.54, 1.807) is 25.1 Å². The fraction of sp³-hybridized carbons (Fsp3) is 0.429. The molecule has 7 heteroatoms. The monoisotopic (exact) mass is 297 g/mol. The van der Waals surface area contributed by atoms with Gasteiger partial charge >= 0.3 is 6.03 Å². The van der Waals surface area contributed by atoms with Crippen molar-refractivity contribution in [3.63, 3.8) is 0 Å². The number of halogens is 1. The molecular formula is C14H20FN3O3. The maximum absolute atomic E-state index is 13.5. The smallest absolute Gasteiger partial charge is 0.321 e. The van der Waals surface area contributed by atoms with Crippen molar-refractivity contribution in [2.24, 2.45) is 0 Å². The first kappa shape index (κ1) is 17.1. The van der Waals surface area contributed by atoms with Crippen LogP contribution in [0.3, 0.4) is 0 Å². The largest absolute Gasteiger partial charge is 0.383 e. The summed E-state index contributed by atoms with van der Waals surface area (Å²) in [4.78, 5) is 22.9. The zero-order valence-electron chi connectivity index (χ0n) is 12.1. The van der Waals surface area contributed by atoms with Crippen molar-refractivity contribution in [3.05, 3.63) is 35.6 Å². The van der Waals surface area contributed by atoms with Crippen molar-refractivity contribution in [3.8, 4) is 0 Å². The topological polar surface area (TPSA) is 79.5 Å². The summed E-state index contributed by atoms with van der Waals surface area (Å²) in [6, 6.07) is 5.40. The maximum atomic E-state index is 13.5. The van der Waals surface area contributed by atoms with Gasteiger partial charge in [0.2, 0.25) is 5.91 Å². The highest BCUT2D eigenvalue weighted by molar-refractivity contribution is 5.95. The Morgan fingerprint density at radius 1 is 1.33 bits per heavy atom. The third-order valence-electron chi connectivity index (χ3n) is 2.79. The van der Waals surface area contributed by atoms with Crippen LogP contribution in [0.4, 0.5) is 9.18 Å². The van der Waals surface area contributed by atoms with Crippen LogP contribution in [-0.4, -0.2) is 38.7 Å². The van der Waals surface area contributed by atoms with E-state index in [0.29, 0.717) is 18.7 Å². The first-order valence-corrected chi connectivity index (χ1v) is 6.59. The Hall–Kier alpha value is -1.99. The number of amides is 3. The third-order valence-corrected chi connectivity index (χ3v) is 2.79. The molecular weight excluding hydrogens is 277 g/mol. The molecule has 0 bridgehead atoms. The Bertz CT molecular complexity index is 482. The van der Waals surface area contributed by atoms with Crippen molar-refractivity contribution in [1.82, 2.24) is 16.0 Å². The second-order valence-corrected chi connectivity index (χ2v) is 4.42. The van der Waals surface area contributed by atoms with Gasteiger partial charge in [0.1, 0.15) is 5.82 Å². The molecule has 0 aliphatic rings. The number of rotatable bonds is 7. The van der Waals surface area contributed by atoms with E-state index in [1.807, 2.05) is 0 Å². The first-order chi connectivity index (χ1) is 10.0. The fourth-order valence-electron chi connectivity index (χ4n) is 1.66. The lowest BCUT2D eigenvalue weighted by Crippen LogP contribution is -2.44. The van der Waals surface area contributed by atoms with E-state index < -0.39 is 11.9 Å². The van der Waals surface area contributed by atoms with Gasteiger partial charge < -0.3 is 15.4 Å². The van der Waals surface area contributed by atoms with E-state index in [2.05, 4.69) is 16.0 Å². The van der Waals surface area contributed by atoms with E-state index >= 15 is 0 Å². The van der Waals surface area contributed by atoms with Gasteiger partial charge in [-0.2, -0.15) is 0 Å². The number of benzene rings is 1. The average molecular weight is 297 g/mol. The molecule has 0 aliphatic heterocycles. The molecule has 1 aromatic rings. The summed E-state index contributed by atoms with van der Waals surface area (Å²) in [6.45, 7) is 2.33. The van der Waals surface area contributed by atoms with Crippen LogP contribution >= 0.6 is 0 Å². The summed E-state index contributed by atoms with van der Waals surface area (Å²) in [7, 11) is 1.51. The Morgan fingerprint density at radius 2 is 2.05 bits per heavy atom. The molecule has 21 heavy (non-hydrogen) atoms. The molecule has 1 aromatic carbocycles. The van der Waals surface area contributed by atoms with Crippen LogP contribution in [0.1, 0.15) is 18.5 Å². The van der Waals surface area contributed by atoms with Crippen molar-refractivity contribution in [2.45, 2.75) is 13.0 Å². The highest BCUT2D eigenvalue weighted by Gasteiger charge is 2.12. The van der Waals surface area contributed by atoms with Crippen molar-refractivity contribution < 1.29 is 18.7 Å².